The van der Waals surface area contributed by atoms with Crippen LogP contribution in [0.15, 0.2) is 36.4 Å². The first kappa shape index (κ1) is 17.3. The van der Waals surface area contributed by atoms with E-state index < -0.39 is 11.8 Å². The van der Waals surface area contributed by atoms with Crippen molar-refractivity contribution in [1.29, 1.82) is 0 Å². The molecule has 0 aliphatic carbocycles. The third-order valence-electron chi connectivity index (χ3n) is 3.63. The molecule has 6 nitrogen and oxygen atoms in total. The Balaban J connectivity index is 1.67. The lowest BCUT2D eigenvalue weighted by atomic mass is 10.1. The first-order valence-electron chi connectivity index (χ1n) is 7.21. The molecule has 25 heavy (non-hydrogen) atoms. The lowest BCUT2D eigenvalue weighted by Gasteiger charge is -2.09. The molecule has 0 fully saturated rings. The number of ether oxygens (including phenoxy) is 1. The van der Waals surface area contributed by atoms with Gasteiger partial charge in [0.05, 0.1) is 16.1 Å². The summed E-state index contributed by atoms with van der Waals surface area (Å²) >= 11 is 11.8. The van der Waals surface area contributed by atoms with Crippen molar-refractivity contribution in [3.05, 3.63) is 57.6 Å². The zero-order valence-corrected chi connectivity index (χ0v) is 14.5. The smallest absolute Gasteiger partial charge is 0.262 e. The Bertz CT molecular complexity index is 898. The van der Waals surface area contributed by atoms with E-state index in [1.165, 1.54) is 25.2 Å². The van der Waals surface area contributed by atoms with Crippen LogP contribution >= 0.6 is 23.2 Å². The second-order valence-electron chi connectivity index (χ2n) is 5.34. The maximum atomic E-state index is 12.0. The van der Waals surface area contributed by atoms with E-state index in [2.05, 4.69) is 5.32 Å². The molecule has 1 aliphatic rings. The molecule has 0 aromatic heterocycles. The maximum absolute atomic E-state index is 12.0. The average Bonchev–Trinajstić information content (AvgIpc) is 2.80. The molecule has 1 N–H and O–H groups in total. The van der Waals surface area contributed by atoms with Crippen molar-refractivity contribution >= 4 is 46.6 Å². The lowest BCUT2D eigenvalue weighted by Crippen LogP contribution is -2.24. The molecule has 0 unspecified atom stereocenters. The summed E-state index contributed by atoms with van der Waals surface area (Å²) in [4.78, 5) is 36.8. The number of carbonyl (C=O) groups excluding carboxylic acids is 3. The predicted molar refractivity (Wildman–Crippen MR) is 93.5 cm³/mol. The SMILES string of the molecule is CN1C(=O)c2ccc(NC(=O)COc3cc(Cl)ccc3Cl)cc2C1=O. The number of rotatable bonds is 4. The minimum Gasteiger partial charge on any atom is -0.482 e. The highest BCUT2D eigenvalue weighted by Gasteiger charge is 2.32. The fraction of sp³-hybridized carbons (Fsp3) is 0.118. The van der Waals surface area contributed by atoms with Crippen LogP contribution in [0, 0.1) is 0 Å². The highest BCUT2D eigenvalue weighted by atomic mass is 35.5. The second-order valence-corrected chi connectivity index (χ2v) is 6.18. The van der Waals surface area contributed by atoms with Crippen LogP contribution in [0.4, 0.5) is 5.69 Å². The summed E-state index contributed by atoms with van der Waals surface area (Å²) in [5, 5.41) is 3.38. The van der Waals surface area contributed by atoms with Gasteiger partial charge in [0.2, 0.25) is 0 Å². The molecule has 0 radical (unpaired) electrons. The molecule has 0 atom stereocenters. The number of hydrogen-bond acceptors (Lipinski definition) is 4. The van der Waals surface area contributed by atoms with Gasteiger partial charge in [-0.05, 0) is 30.3 Å². The van der Waals surface area contributed by atoms with E-state index in [0.717, 1.165) is 4.90 Å². The van der Waals surface area contributed by atoms with Gasteiger partial charge in [-0.1, -0.05) is 23.2 Å². The van der Waals surface area contributed by atoms with E-state index >= 15 is 0 Å². The fourth-order valence-corrected chi connectivity index (χ4v) is 2.70. The topological polar surface area (TPSA) is 75.7 Å². The molecule has 128 valence electrons. The van der Waals surface area contributed by atoms with Gasteiger partial charge in [-0.2, -0.15) is 0 Å². The van der Waals surface area contributed by atoms with Crippen LogP contribution < -0.4 is 10.1 Å². The van der Waals surface area contributed by atoms with E-state index in [0.29, 0.717) is 27.0 Å². The standard InChI is InChI=1S/C17H12Cl2N2O4/c1-21-16(23)11-4-3-10(7-12(11)17(21)24)20-15(22)8-25-14-6-9(18)2-5-13(14)19/h2-7H,8H2,1H3,(H,20,22). The Kier molecular flexibility index (Phi) is 4.65. The predicted octanol–water partition coefficient (Wildman–Crippen LogP) is 3.24. The Morgan fingerprint density at radius 3 is 2.56 bits per heavy atom. The Labute approximate surface area is 153 Å². The lowest BCUT2D eigenvalue weighted by molar-refractivity contribution is -0.118. The minimum atomic E-state index is -0.443. The number of fused-ring (bicyclic) bond motifs is 1. The van der Waals surface area contributed by atoms with Crippen molar-refractivity contribution < 1.29 is 19.1 Å². The first-order chi connectivity index (χ1) is 11.9. The molecule has 1 aliphatic heterocycles. The second kappa shape index (κ2) is 6.74. The van der Waals surface area contributed by atoms with Gasteiger partial charge in [0.15, 0.2) is 6.61 Å². The summed E-state index contributed by atoms with van der Waals surface area (Å²) in [5.74, 6) is -0.920. The van der Waals surface area contributed by atoms with Crippen LogP contribution in [0.3, 0.4) is 0 Å². The zero-order valence-electron chi connectivity index (χ0n) is 13.0. The largest absolute Gasteiger partial charge is 0.482 e. The van der Waals surface area contributed by atoms with Crippen LogP contribution in [0.1, 0.15) is 20.7 Å². The number of carbonyl (C=O) groups is 3. The number of nitrogens with zero attached hydrogens (tertiary/aromatic N) is 1. The third kappa shape index (κ3) is 3.45. The normalized spacial score (nSPS) is 13.0. The number of anilines is 1. The van der Waals surface area contributed by atoms with Crippen molar-refractivity contribution in [2.24, 2.45) is 0 Å². The number of benzene rings is 2. The molecule has 1 heterocycles. The Morgan fingerprint density at radius 2 is 1.80 bits per heavy atom. The van der Waals surface area contributed by atoms with Gasteiger partial charge in [0.25, 0.3) is 17.7 Å². The van der Waals surface area contributed by atoms with Crippen molar-refractivity contribution in [3.63, 3.8) is 0 Å². The number of imide groups is 1. The Morgan fingerprint density at radius 1 is 1.08 bits per heavy atom. The van der Waals surface area contributed by atoms with Crippen molar-refractivity contribution in [1.82, 2.24) is 4.90 Å². The van der Waals surface area contributed by atoms with Crippen molar-refractivity contribution in [2.75, 3.05) is 19.0 Å². The molecule has 0 bridgehead atoms. The monoisotopic (exact) mass is 378 g/mol. The summed E-state index contributed by atoms with van der Waals surface area (Å²) in [7, 11) is 1.41. The maximum Gasteiger partial charge on any atom is 0.262 e. The van der Waals surface area contributed by atoms with Gasteiger partial charge in [0, 0.05) is 23.8 Å². The number of hydrogen-bond donors (Lipinski definition) is 1. The highest BCUT2D eigenvalue weighted by molar-refractivity contribution is 6.34. The van der Waals surface area contributed by atoms with Crippen LogP contribution in [0.2, 0.25) is 10.0 Å². The van der Waals surface area contributed by atoms with E-state index in [1.54, 1.807) is 18.2 Å². The fourth-order valence-electron chi connectivity index (χ4n) is 2.37. The van der Waals surface area contributed by atoms with Crippen LogP contribution in [0.25, 0.3) is 0 Å². The van der Waals surface area contributed by atoms with Crippen LogP contribution in [0.5, 0.6) is 5.75 Å². The summed E-state index contributed by atoms with van der Waals surface area (Å²) in [6.45, 7) is -0.288. The van der Waals surface area contributed by atoms with Gasteiger partial charge in [0.1, 0.15) is 5.75 Å². The molecule has 0 saturated carbocycles. The molecule has 0 saturated heterocycles. The molecule has 3 rings (SSSR count). The first-order valence-corrected chi connectivity index (χ1v) is 7.96. The summed E-state index contributed by atoms with van der Waals surface area (Å²) in [6.07, 6.45) is 0. The number of amides is 3. The minimum absolute atomic E-state index is 0.254. The molecule has 8 heteroatoms. The van der Waals surface area contributed by atoms with Crippen LogP contribution in [-0.2, 0) is 4.79 Å². The van der Waals surface area contributed by atoms with Crippen molar-refractivity contribution in [3.8, 4) is 5.75 Å². The average molecular weight is 379 g/mol. The van der Waals surface area contributed by atoms with Gasteiger partial charge < -0.3 is 10.1 Å². The van der Waals surface area contributed by atoms with Crippen LogP contribution in [-0.4, -0.2) is 36.3 Å². The molecular formula is C17H12Cl2N2O4. The highest BCUT2D eigenvalue weighted by Crippen LogP contribution is 2.28. The number of halogens is 2. The van der Waals surface area contributed by atoms with E-state index in [-0.39, 0.29) is 18.1 Å². The molecule has 3 amide bonds. The molecule has 0 spiro atoms. The van der Waals surface area contributed by atoms with Gasteiger partial charge >= 0.3 is 0 Å². The van der Waals surface area contributed by atoms with Crippen molar-refractivity contribution in [2.45, 2.75) is 0 Å². The summed E-state index contributed by atoms with van der Waals surface area (Å²) in [6, 6.07) is 9.19. The van der Waals surface area contributed by atoms with Gasteiger partial charge in [-0.25, -0.2) is 0 Å². The van der Waals surface area contributed by atoms with Gasteiger partial charge in [-0.15, -0.1) is 0 Å². The van der Waals surface area contributed by atoms with E-state index in [1.807, 2.05) is 0 Å². The molecule has 2 aromatic carbocycles. The molecule has 2 aromatic rings. The molecular weight excluding hydrogens is 367 g/mol. The quantitative estimate of drug-likeness (QED) is 0.828. The summed E-state index contributed by atoms with van der Waals surface area (Å²) in [5.41, 5.74) is 0.956. The Hall–Kier alpha value is -2.57. The van der Waals surface area contributed by atoms with E-state index in [4.69, 9.17) is 27.9 Å². The van der Waals surface area contributed by atoms with Gasteiger partial charge in [-0.3, -0.25) is 19.3 Å². The summed E-state index contributed by atoms with van der Waals surface area (Å²) < 4.78 is 5.34. The number of nitrogens with one attached hydrogen (secondary N) is 1. The zero-order chi connectivity index (χ0) is 18.1. The van der Waals surface area contributed by atoms with E-state index in [9.17, 15) is 14.4 Å². The third-order valence-corrected chi connectivity index (χ3v) is 4.17.